The van der Waals surface area contributed by atoms with Crippen LogP contribution in [0.15, 0.2) is 34.6 Å². The molecule has 0 fully saturated rings. The second kappa shape index (κ2) is 9.27. The van der Waals surface area contributed by atoms with Crippen LogP contribution in [0, 0.1) is 6.92 Å². The average molecular weight is 332 g/mol. The van der Waals surface area contributed by atoms with Crippen LogP contribution >= 0.6 is 11.3 Å². The van der Waals surface area contributed by atoms with Crippen LogP contribution in [0.25, 0.3) is 0 Å². The number of rotatable bonds is 7. The summed E-state index contributed by atoms with van der Waals surface area (Å²) >= 11 is 1.69. The summed E-state index contributed by atoms with van der Waals surface area (Å²) in [6, 6.07) is 8.35. The first-order valence-electron chi connectivity index (χ1n) is 7.63. The van der Waals surface area contributed by atoms with Crippen LogP contribution in [0.1, 0.15) is 21.8 Å². The molecule has 0 aliphatic carbocycles. The summed E-state index contributed by atoms with van der Waals surface area (Å²) in [5, 5.41) is 9.86. The normalized spacial score (nSPS) is 11.5. The van der Waals surface area contributed by atoms with Gasteiger partial charge in [0.1, 0.15) is 0 Å². The lowest BCUT2D eigenvalue weighted by Crippen LogP contribution is -2.37. The van der Waals surface area contributed by atoms with Gasteiger partial charge in [-0.25, -0.2) is 4.98 Å². The minimum absolute atomic E-state index is 0.633. The van der Waals surface area contributed by atoms with Gasteiger partial charge in [-0.3, -0.25) is 4.99 Å². The Morgan fingerprint density at radius 3 is 2.83 bits per heavy atom. The van der Waals surface area contributed by atoms with Crippen molar-refractivity contribution in [2.24, 2.45) is 4.99 Å². The average Bonchev–Trinajstić information content (AvgIpc) is 2.97. The molecule has 124 valence electrons. The van der Waals surface area contributed by atoms with Gasteiger partial charge in [0, 0.05) is 39.0 Å². The summed E-state index contributed by atoms with van der Waals surface area (Å²) in [6.45, 7) is 4.20. The maximum atomic E-state index is 5.16. The van der Waals surface area contributed by atoms with E-state index in [0.717, 1.165) is 36.2 Å². The van der Waals surface area contributed by atoms with Gasteiger partial charge in [-0.15, -0.1) is 11.3 Å². The molecule has 0 aliphatic heterocycles. The predicted molar refractivity (Wildman–Crippen MR) is 95.9 cm³/mol. The maximum absolute atomic E-state index is 5.16. The van der Waals surface area contributed by atoms with Crippen molar-refractivity contribution < 1.29 is 4.74 Å². The number of methoxy groups -OCH3 is 1. The number of ether oxygens (including phenoxy) is 1. The number of aryl methyl sites for hydroxylation is 1. The van der Waals surface area contributed by atoms with E-state index in [1.54, 1.807) is 25.5 Å². The maximum Gasteiger partial charge on any atom is 0.191 e. The first-order valence-corrected chi connectivity index (χ1v) is 8.51. The number of aromatic nitrogens is 1. The van der Waals surface area contributed by atoms with Crippen molar-refractivity contribution in [2.45, 2.75) is 26.5 Å². The molecule has 0 radical (unpaired) electrons. The zero-order valence-electron chi connectivity index (χ0n) is 13.9. The van der Waals surface area contributed by atoms with Crippen LogP contribution in [0.5, 0.6) is 0 Å². The molecule has 0 unspecified atom stereocenters. The first kappa shape index (κ1) is 17.4. The lowest BCUT2D eigenvalue weighted by atomic mass is 10.1. The van der Waals surface area contributed by atoms with Crippen LogP contribution in [-0.2, 0) is 24.3 Å². The van der Waals surface area contributed by atoms with Gasteiger partial charge in [0.25, 0.3) is 0 Å². The molecule has 2 rings (SSSR count). The summed E-state index contributed by atoms with van der Waals surface area (Å²) in [5.41, 5.74) is 3.51. The summed E-state index contributed by atoms with van der Waals surface area (Å²) in [5.74, 6) is 0.800. The summed E-state index contributed by atoms with van der Waals surface area (Å²) < 4.78 is 5.16. The molecule has 1 aromatic carbocycles. The van der Waals surface area contributed by atoms with E-state index >= 15 is 0 Å². The highest BCUT2D eigenvalue weighted by Gasteiger charge is 2.01. The Labute approximate surface area is 141 Å². The van der Waals surface area contributed by atoms with Gasteiger partial charge in [0.15, 0.2) is 5.96 Å². The van der Waals surface area contributed by atoms with E-state index in [9.17, 15) is 0 Å². The molecule has 0 atom stereocenters. The minimum Gasteiger partial charge on any atom is -0.380 e. The fourth-order valence-electron chi connectivity index (χ4n) is 2.23. The first-order chi connectivity index (χ1) is 11.2. The third-order valence-corrected chi connectivity index (χ3v) is 4.15. The van der Waals surface area contributed by atoms with Crippen molar-refractivity contribution in [3.63, 3.8) is 0 Å². The summed E-state index contributed by atoms with van der Waals surface area (Å²) in [6.07, 6.45) is 0.897. The van der Waals surface area contributed by atoms with E-state index in [2.05, 4.69) is 44.2 Å². The highest BCUT2D eigenvalue weighted by molar-refractivity contribution is 7.09. The van der Waals surface area contributed by atoms with Gasteiger partial charge in [-0.1, -0.05) is 24.3 Å². The molecule has 1 heterocycles. The lowest BCUT2D eigenvalue weighted by molar-refractivity contribution is 0.185. The van der Waals surface area contributed by atoms with Crippen molar-refractivity contribution in [3.05, 3.63) is 51.5 Å². The van der Waals surface area contributed by atoms with Gasteiger partial charge in [-0.2, -0.15) is 0 Å². The molecule has 23 heavy (non-hydrogen) atoms. The van der Waals surface area contributed by atoms with Crippen molar-refractivity contribution >= 4 is 17.3 Å². The summed E-state index contributed by atoms with van der Waals surface area (Å²) in [7, 11) is 3.49. The topological polar surface area (TPSA) is 58.5 Å². The monoisotopic (exact) mass is 332 g/mol. The lowest BCUT2D eigenvalue weighted by Gasteiger charge is -2.12. The molecule has 0 spiro atoms. The Balaban J connectivity index is 1.77. The number of benzene rings is 1. The van der Waals surface area contributed by atoms with E-state index < -0.39 is 0 Å². The van der Waals surface area contributed by atoms with Crippen LogP contribution in [-0.4, -0.2) is 31.6 Å². The molecule has 1 aromatic heterocycles. The van der Waals surface area contributed by atoms with Crippen LogP contribution in [0.4, 0.5) is 0 Å². The van der Waals surface area contributed by atoms with Gasteiger partial charge in [0.05, 0.1) is 17.3 Å². The van der Waals surface area contributed by atoms with Crippen molar-refractivity contribution in [1.29, 1.82) is 0 Å². The molecule has 6 heteroatoms. The molecule has 2 aromatic rings. The largest absolute Gasteiger partial charge is 0.380 e. The number of nitrogens with one attached hydrogen (secondary N) is 2. The highest BCUT2D eigenvalue weighted by Crippen LogP contribution is 2.08. The standard InChI is InChI=1S/C17H24N4OS/c1-13-21-16(12-23-13)7-8-19-17(18-2)20-10-14-5-4-6-15(9-14)11-22-3/h4-6,9,12H,7-8,10-11H2,1-3H3,(H2,18,19,20). The van der Waals surface area contributed by atoms with E-state index in [1.165, 1.54) is 11.1 Å². The summed E-state index contributed by atoms with van der Waals surface area (Å²) in [4.78, 5) is 8.71. The number of hydrogen-bond acceptors (Lipinski definition) is 4. The number of guanidine groups is 1. The molecule has 2 N–H and O–H groups in total. The molecular formula is C17H24N4OS. The highest BCUT2D eigenvalue weighted by atomic mass is 32.1. The molecule has 5 nitrogen and oxygen atoms in total. The SMILES string of the molecule is CN=C(NCCc1csc(C)n1)NCc1cccc(COC)c1. The third-order valence-electron chi connectivity index (χ3n) is 3.33. The molecule has 0 saturated carbocycles. The molecule has 0 amide bonds. The van der Waals surface area contributed by atoms with Gasteiger partial charge in [-0.05, 0) is 18.1 Å². The van der Waals surface area contributed by atoms with E-state index in [0.29, 0.717) is 6.61 Å². The molecule has 0 bridgehead atoms. The molecule has 0 aliphatic rings. The second-order valence-electron chi connectivity index (χ2n) is 5.21. The van der Waals surface area contributed by atoms with Gasteiger partial charge in [0.2, 0.25) is 0 Å². The molecule has 0 saturated heterocycles. The van der Waals surface area contributed by atoms with Gasteiger partial charge >= 0.3 is 0 Å². The van der Waals surface area contributed by atoms with Gasteiger partial charge < -0.3 is 15.4 Å². The number of aliphatic imine (C=N–C) groups is 1. The fourth-order valence-corrected chi connectivity index (χ4v) is 2.88. The third kappa shape index (κ3) is 6.00. The fraction of sp³-hybridized carbons (Fsp3) is 0.412. The van der Waals surface area contributed by atoms with Crippen molar-refractivity contribution in [2.75, 3.05) is 20.7 Å². The number of hydrogen-bond donors (Lipinski definition) is 2. The Kier molecular flexibility index (Phi) is 7.03. The second-order valence-corrected chi connectivity index (χ2v) is 6.28. The van der Waals surface area contributed by atoms with Crippen LogP contribution in [0.3, 0.4) is 0 Å². The zero-order valence-corrected chi connectivity index (χ0v) is 14.7. The number of nitrogens with zero attached hydrogens (tertiary/aromatic N) is 2. The van der Waals surface area contributed by atoms with E-state index in [-0.39, 0.29) is 0 Å². The van der Waals surface area contributed by atoms with Crippen LogP contribution < -0.4 is 10.6 Å². The Morgan fingerprint density at radius 2 is 2.13 bits per heavy atom. The molecular weight excluding hydrogens is 308 g/mol. The van der Waals surface area contributed by atoms with E-state index in [4.69, 9.17) is 4.74 Å². The Morgan fingerprint density at radius 1 is 1.30 bits per heavy atom. The zero-order chi connectivity index (χ0) is 16.5. The number of thiazole rings is 1. The van der Waals surface area contributed by atoms with E-state index in [1.807, 2.05) is 13.0 Å². The van der Waals surface area contributed by atoms with Crippen molar-refractivity contribution in [3.8, 4) is 0 Å². The Hall–Kier alpha value is -1.92. The predicted octanol–water partition coefficient (Wildman–Crippen LogP) is 2.51. The quantitative estimate of drug-likeness (QED) is 0.604. The van der Waals surface area contributed by atoms with Crippen molar-refractivity contribution in [1.82, 2.24) is 15.6 Å². The van der Waals surface area contributed by atoms with Crippen LogP contribution in [0.2, 0.25) is 0 Å². The Bertz CT molecular complexity index is 639. The smallest absolute Gasteiger partial charge is 0.191 e. The minimum atomic E-state index is 0.633.